The SMILES string of the molecule is CCCN(CCC)c1ccc(C(=O)N(C)C2CCS(=O)(=O)C2)cn1. The third-order valence-electron chi connectivity index (χ3n) is 4.38. The first-order valence-electron chi connectivity index (χ1n) is 8.56. The molecule has 1 amide bonds. The predicted octanol–water partition coefficient (Wildman–Crippen LogP) is 1.97. The Hall–Kier alpha value is -1.63. The number of pyridine rings is 1. The average Bonchev–Trinajstić information content (AvgIpc) is 2.93. The maximum Gasteiger partial charge on any atom is 0.255 e. The molecular weight excluding hydrogens is 326 g/mol. The molecule has 2 heterocycles. The number of hydrogen-bond acceptors (Lipinski definition) is 5. The summed E-state index contributed by atoms with van der Waals surface area (Å²) in [6, 6.07) is 3.42. The third-order valence-corrected chi connectivity index (χ3v) is 6.13. The van der Waals surface area contributed by atoms with Gasteiger partial charge < -0.3 is 9.80 Å². The Labute approximate surface area is 144 Å². The molecule has 1 atom stereocenters. The Bertz CT molecular complexity index is 652. The second kappa shape index (κ2) is 7.96. The van der Waals surface area contributed by atoms with E-state index in [4.69, 9.17) is 0 Å². The Morgan fingerprint density at radius 2 is 1.92 bits per heavy atom. The highest BCUT2D eigenvalue weighted by molar-refractivity contribution is 7.91. The lowest BCUT2D eigenvalue weighted by Gasteiger charge is -2.25. The van der Waals surface area contributed by atoms with Crippen molar-refractivity contribution in [3.63, 3.8) is 0 Å². The normalized spacial score (nSPS) is 19.2. The number of nitrogens with zero attached hydrogens (tertiary/aromatic N) is 3. The Kier molecular flexibility index (Phi) is 6.21. The molecule has 6 nitrogen and oxygen atoms in total. The fraction of sp³-hybridized carbons (Fsp3) is 0.647. The van der Waals surface area contributed by atoms with Crippen LogP contribution in [0.25, 0.3) is 0 Å². The van der Waals surface area contributed by atoms with Crippen LogP contribution in [-0.2, 0) is 9.84 Å². The Balaban J connectivity index is 2.08. The Morgan fingerprint density at radius 3 is 2.38 bits per heavy atom. The van der Waals surface area contributed by atoms with Gasteiger partial charge in [-0.2, -0.15) is 0 Å². The molecular formula is C17H27N3O3S. The first kappa shape index (κ1) is 18.7. The van der Waals surface area contributed by atoms with Gasteiger partial charge in [0, 0.05) is 32.4 Å². The number of rotatable bonds is 7. The minimum Gasteiger partial charge on any atom is -0.357 e. The molecule has 0 radical (unpaired) electrons. The molecule has 0 N–H and O–H groups in total. The smallest absolute Gasteiger partial charge is 0.255 e. The van der Waals surface area contributed by atoms with E-state index in [1.807, 2.05) is 6.07 Å². The largest absolute Gasteiger partial charge is 0.357 e. The third kappa shape index (κ3) is 4.47. The van der Waals surface area contributed by atoms with Crippen molar-refractivity contribution in [2.24, 2.45) is 0 Å². The van der Waals surface area contributed by atoms with Crippen molar-refractivity contribution in [2.45, 2.75) is 39.2 Å². The van der Waals surface area contributed by atoms with Crippen LogP contribution in [0.4, 0.5) is 5.82 Å². The lowest BCUT2D eigenvalue weighted by Crippen LogP contribution is -2.37. The minimum atomic E-state index is -3.00. The minimum absolute atomic E-state index is 0.0571. The van der Waals surface area contributed by atoms with Crippen LogP contribution in [0, 0.1) is 0 Å². The number of anilines is 1. The van der Waals surface area contributed by atoms with Gasteiger partial charge in [-0.25, -0.2) is 13.4 Å². The lowest BCUT2D eigenvalue weighted by atomic mass is 10.2. The molecule has 7 heteroatoms. The van der Waals surface area contributed by atoms with Gasteiger partial charge in [-0.05, 0) is 31.4 Å². The van der Waals surface area contributed by atoms with Gasteiger partial charge in [0.15, 0.2) is 9.84 Å². The van der Waals surface area contributed by atoms with Crippen molar-refractivity contribution in [2.75, 3.05) is 36.5 Å². The summed E-state index contributed by atoms with van der Waals surface area (Å²) in [4.78, 5) is 20.7. The van der Waals surface area contributed by atoms with Crippen molar-refractivity contribution in [3.8, 4) is 0 Å². The topological polar surface area (TPSA) is 70.6 Å². The zero-order valence-corrected chi connectivity index (χ0v) is 15.6. The molecule has 0 saturated carbocycles. The maximum atomic E-state index is 12.6. The maximum absolute atomic E-state index is 12.6. The van der Waals surface area contributed by atoms with Gasteiger partial charge >= 0.3 is 0 Å². The summed E-state index contributed by atoms with van der Waals surface area (Å²) in [7, 11) is -1.33. The van der Waals surface area contributed by atoms with Crippen LogP contribution in [0.15, 0.2) is 18.3 Å². The van der Waals surface area contributed by atoms with Crippen LogP contribution in [0.5, 0.6) is 0 Å². The van der Waals surface area contributed by atoms with E-state index in [1.165, 1.54) is 4.90 Å². The molecule has 0 spiro atoms. The van der Waals surface area contributed by atoms with Crippen molar-refractivity contribution < 1.29 is 13.2 Å². The van der Waals surface area contributed by atoms with Crippen LogP contribution in [0.3, 0.4) is 0 Å². The molecule has 2 rings (SSSR count). The molecule has 134 valence electrons. The molecule has 1 aliphatic rings. The van der Waals surface area contributed by atoms with Crippen LogP contribution >= 0.6 is 0 Å². The summed E-state index contributed by atoms with van der Waals surface area (Å²) >= 11 is 0. The lowest BCUT2D eigenvalue weighted by molar-refractivity contribution is 0.0747. The van der Waals surface area contributed by atoms with Gasteiger partial charge in [0.1, 0.15) is 5.82 Å². The standard InChI is InChI=1S/C17H27N3O3S/c1-4-9-20(10-5-2)16-7-6-14(12-18-16)17(21)19(3)15-8-11-24(22,23)13-15/h6-7,12,15H,4-5,8-11,13H2,1-3H3. The highest BCUT2D eigenvalue weighted by Gasteiger charge is 2.33. The van der Waals surface area contributed by atoms with Gasteiger partial charge in [0.05, 0.1) is 17.1 Å². The fourth-order valence-corrected chi connectivity index (χ4v) is 4.81. The van der Waals surface area contributed by atoms with Gasteiger partial charge in [-0.15, -0.1) is 0 Å². The van der Waals surface area contributed by atoms with Crippen molar-refractivity contribution in [1.82, 2.24) is 9.88 Å². The number of sulfone groups is 1. The van der Waals surface area contributed by atoms with Crippen molar-refractivity contribution in [3.05, 3.63) is 23.9 Å². The molecule has 0 aromatic carbocycles. The molecule has 1 aromatic rings. The van der Waals surface area contributed by atoms with Crippen LogP contribution in [-0.4, -0.2) is 61.9 Å². The molecule has 1 fully saturated rings. The van der Waals surface area contributed by atoms with E-state index in [1.54, 1.807) is 19.3 Å². The molecule has 1 aliphatic heterocycles. The van der Waals surface area contributed by atoms with Crippen molar-refractivity contribution >= 4 is 21.6 Å². The van der Waals surface area contributed by atoms with E-state index in [9.17, 15) is 13.2 Å². The summed E-state index contributed by atoms with van der Waals surface area (Å²) in [6.45, 7) is 6.14. The van der Waals surface area contributed by atoms with Gasteiger partial charge in [-0.3, -0.25) is 4.79 Å². The van der Waals surface area contributed by atoms with Gasteiger partial charge in [0.2, 0.25) is 0 Å². The second-order valence-corrected chi connectivity index (χ2v) is 8.59. The molecule has 1 saturated heterocycles. The quantitative estimate of drug-likeness (QED) is 0.749. The van der Waals surface area contributed by atoms with Crippen LogP contribution < -0.4 is 4.90 Å². The predicted molar refractivity (Wildman–Crippen MR) is 96.2 cm³/mol. The first-order valence-corrected chi connectivity index (χ1v) is 10.4. The number of amides is 1. The molecule has 1 unspecified atom stereocenters. The van der Waals surface area contributed by atoms with Crippen LogP contribution in [0.2, 0.25) is 0 Å². The molecule has 1 aromatic heterocycles. The fourth-order valence-electron chi connectivity index (χ4n) is 3.03. The monoisotopic (exact) mass is 353 g/mol. The van der Waals surface area contributed by atoms with Crippen LogP contribution in [0.1, 0.15) is 43.5 Å². The summed E-state index contributed by atoms with van der Waals surface area (Å²) in [6.07, 6.45) is 4.19. The second-order valence-electron chi connectivity index (χ2n) is 6.37. The molecule has 0 aliphatic carbocycles. The summed E-state index contributed by atoms with van der Waals surface area (Å²) in [5.41, 5.74) is 0.499. The average molecular weight is 353 g/mol. The van der Waals surface area contributed by atoms with Gasteiger partial charge in [0.25, 0.3) is 5.91 Å². The zero-order valence-electron chi connectivity index (χ0n) is 14.7. The number of hydrogen-bond donors (Lipinski definition) is 0. The van der Waals surface area contributed by atoms with E-state index >= 15 is 0 Å². The van der Waals surface area contributed by atoms with E-state index in [2.05, 4.69) is 23.7 Å². The summed E-state index contributed by atoms with van der Waals surface area (Å²) < 4.78 is 23.2. The van der Waals surface area contributed by atoms with E-state index in [0.29, 0.717) is 12.0 Å². The van der Waals surface area contributed by atoms with E-state index < -0.39 is 9.84 Å². The summed E-state index contributed by atoms with van der Waals surface area (Å²) in [5.74, 6) is 0.923. The first-order chi connectivity index (χ1) is 11.4. The van der Waals surface area contributed by atoms with Gasteiger partial charge in [-0.1, -0.05) is 13.8 Å². The zero-order chi connectivity index (χ0) is 17.7. The van der Waals surface area contributed by atoms with Crippen molar-refractivity contribution in [1.29, 1.82) is 0 Å². The molecule has 24 heavy (non-hydrogen) atoms. The number of aromatic nitrogens is 1. The Morgan fingerprint density at radius 1 is 1.25 bits per heavy atom. The number of carbonyl (C=O) groups is 1. The highest BCUT2D eigenvalue weighted by Crippen LogP contribution is 2.19. The number of carbonyl (C=O) groups excluding carboxylic acids is 1. The summed E-state index contributed by atoms with van der Waals surface area (Å²) in [5, 5.41) is 0. The molecule has 0 bridgehead atoms. The van der Waals surface area contributed by atoms with E-state index in [-0.39, 0.29) is 23.5 Å². The highest BCUT2D eigenvalue weighted by atomic mass is 32.2. The van der Waals surface area contributed by atoms with E-state index in [0.717, 1.165) is 31.7 Å².